The highest BCUT2D eigenvalue weighted by atomic mass is 32.1. The number of hydrogen-bond acceptors (Lipinski definition) is 6. The molecule has 5 rings (SSSR count). The smallest absolute Gasteiger partial charge is 0.306 e. The number of thiophene rings is 1. The molecule has 0 saturated heterocycles. The highest BCUT2D eigenvalue weighted by Gasteiger charge is 2.32. The van der Waals surface area contributed by atoms with E-state index in [1.807, 2.05) is 23.6 Å². The number of hydrogen-bond donors (Lipinski definition) is 0. The summed E-state index contributed by atoms with van der Waals surface area (Å²) in [4.78, 5) is 54.5. The molecule has 0 fully saturated rings. The van der Waals surface area contributed by atoms with Crippen LogP contribution in [0.1, 0.15) is 44.0 Å². The molecule has 2 aromatic carbocycles. The van der Waals surface area contributed by atoms with Crippen LogP contribution >= 0.6 is 11.3 Å². The molecule has 2 aliphatic rings. The van der Waals surface area contributed by atoms with E-state index in [4.69, 9.17) is 4.74 Å². The van der Waals surface area contributed by atoms with Gasteiger partial charge in [0.25, 0.3) is 17.7 Å². The molecule has 3 heterocycles. The number of carbonyl (C=O) groups excluding carboxylic acids is 4. The van der Waals surface area contributed by atoms with Crippen LogP contribution in [0.25, 0.3) is 10.8 Å². The van der Waals surface area contributed by atoms with Gasteiger partial charge in [0.1, 0.15) is 0 Å². The van der Waals surface area contributed by atoms with Gasteiger partial charge in [-0.2, -0.15) is 0 Å². The third-order valence-corrected chi connectivity index (χ3v) is 7.16. The molecule has 3 aromatic rings. The number of esters is 1. The molecule has 0 unspecified atom stereocenters. The van der Waals surface area contributed by atoms with E-state index in [1.54, 1.807) is 40.5 Å². The van der Waals surface area contributed by atoms with Crippen LogP contribution in [-0.2, 0) is 27.3 Å². The molecule has 33 heavy (non-hydrogen) atoms. The molecule has 0 bridgehead atoms. The Morgan fingerprint density at radius 1 is 1.00 bits per heavy atom. The minimum atomic E-state index is -0.518. The van der Waals surface area contributed by atoms with Crippen molar-refractivity contribution in [2.75, 3.05) is 19.7 Å². The summed E-state index contributed by atoms with van der Waals surface area (Å²) in [5.41, 5.74) is 2.14. The molecule has 3 amide bonds. The minimum Gasteiger partial charge on any atom is -0.456 e. The molecule has 0 N–H and O–H groups in total. The van der Waals surface area contributed by atoms with Gasteiger partial charge in [0.2, 0.25) is 0 Å². The van der Waals surface area contributed by atoms with Crippen molar-refractivity contribution in [1.82, 2.24) is 9.80 Å². The van der Waals surface area contributed by atoms with Gasteiger partial charge in [0.15, 0.2) is 6.61 Å². The van der Waals surface area contributed by atoms with Crippen LogP contribution in [0.3, 0.4) is 0 Å². The number of rotatable bonds is 6. The lowest BCUT2D eigenvalue weighted by Crippen LogP contribution is -2.41. The van der Waals surface area contributed by atoms with E-state index in [2.05, 4.69) is 0 Å². The first-order chi connectivity index (χ1) is 16.0. The molecule has 2 aliphatic heterocycles. The van der Waals surface area contributed by atoms with Crippen molar-refractivity contribution in [3.63, 3.8) is 0 Å². The lowest BCUT2D eigenvalue weighted by atomic mass is 9.94. The Kier molecular flexibility index (Phi) is 5.68. The Morgan fingerprint density at radius 2 is 1.73 bits per heavy atom. The Hall–Kier alpha value is -3.52. The SMILES string of the molecule is O=C(CCCN1C(=O)c2cccc3cccc(c23)C1=O)OCC(=O)N1CCc2sccc2C1. The second-order valence-electron chi connectivity index (χ2n) is 8.17. The zero-order valence-electron chi connectivity index (χ0n) is 17.9. The molecule has 0 radical (unpaired) electrons. The normalized spacial score (nSPS) is 15.0. The molecule has 0 spiro atoms. The number of nitrogens with zero attached hydrogens (tertiary/aromatic N) is 2. The largest absolute Gasteiger partial charge is 0.456 e. The van der Waals surface area contributed by atoms with Gasteiger partial charge in [0, 0.05) is 47.4 Å². The average molecular weight is 463 g/mol. The van der Waals surface area contributed by atoms with Gasteiger partial charge in [0.05, 0.1) is 0 Å². The van der Waals surface area contributed by atoms with Crippen molar-refractivity contribution in [1.29, 1.82) is 0 Å². The van der Waals surface area contributed by atoms with Crippen LogP contribution in [0.15, 0.2) is 47.8 Å². The van der Waals surface area contributed by atoms with E-state index in [0.717, 1.165) is 17.4 Å². The van der Waals surface area contributed by atoms with Gasteiger partial charge in [-0.05, 0) is 47.4 Å². The molecule has 0 atom stereocenters. The van der Waals surface area contributed by atoms with Gasteiger partial charge in [-0.15, -0.1) is 11.3 Å². The second-order valence-corrected chi connectivity index (χ2v) is 9.17. The summed E-state index contributed by atoms with van der Waals surface area (Å²) >= 11 is 1.70. The van der Waals surface area contributed by atoms with Crippen molar-refractivity contribution in [3.8, 4) is 0 Å². The fourth-order valence-electron chi connectivity index (χ4n) is 4.43. The van der Waals surface area contributed by atoms with E-state index < -0.39 is 5.97 Å². The number of benzene rings is 2. The van der Waals surface area contributed by atoms with Gasteiger partial charge >= 0.3 is 5.97 Å². The third kappa shape index (κ3) is 4.02. The van der Waals surface area contributed by atoms with Crippen LogP contribution in [0, 0.1) is 0 Å². The Morgan fingerprint density at radius 3 is 2.45 bits per heavy atom. The summed E-state index contributed by atoms with van der Waals surface area (Å²) < 4.78 is 5.16. The first-order valence-electron chi connectivity index (χ1n) is 10.9. The summed E-state index contributed by atoms with van der Waals surface area (Å²) in [5, 5.41) is 3.55. The lowest BCUT2D eigenvalue weighted by Gasteiger charge is -2.27. The van der Waals surface area contributed by atoms with Crippen molar-refractivity contribution < 1.29 is 23.9 Å². The number of carbonyl (C=O) groups is 4. The van der Waals surface area contributed by atoms with E-state index >= 15 is 0 Å². The van der Waals surface area contributed by atoms with Crippen molar-refractivity contribution in [3.05, 3.63) is 69.4 Å². The molecular weight excluding hydrogens is 440 g/mol. The number of ether oxygens (including phenoxy) is 1. The first-order valence-corrected chi connectivity index (χ1v) is 11.8. The van der Waals surface area contributed by atoms with Gasteiger partial charge in [-0.25, -0.2) is 0 Å². The van der Waals surface area contributed by atoms with Crippen LogP contribution in [0.5, 0.6) is 0 Å². The van der Waals surface area contributed by atoms with Crippen molar-refractivity contribution >= 4 is 45.8 Å². The fourth-order valence-corrected chi connectivity index (χ4v) is 5.32. The molecule has 0 saturated carbocycles. The minimum absolute atomic E-state index is 0.0187. The Balaban J connectivity index is 1.13. The van der Waals surface area contributed by atoms with Gasteiger partial charge in [-0.1, -0.05) is 24.3 Å². The summed E-state index contributed by atoms with van der Waals surface area (Å²) in [5.74, 6) is -1.45. The topological polar surface area (TPSA) is 84.0 Å². The molecule has 168 valence electrons. The van der Waals surface area contributed by atoms with E-state index in [0.29, 0.717) is 29.6 Å². The average Bonchev–Trinajstić information content (AvgIpc) is 3.31. The predicted octanol–water partition coefficient (Wildman–Crippen LogP) is 3.41. The molecule has 7 nitrogen and oxygen atoms in total. The van der Waals surface area contributed by atoms with E-state index in [1.165, 1.54) is 9.78 Å². The monoisotopic (exact) mass is 462 g/mol. The molecule has 1 aromatic heterocycles. The first kappa shape index (κ1) is 21.3. The quantitative estimate of drug-likeness (QED) is 0.414. The van der Waals surface area contributed by atoms with Crippen LogP contribution < -0.4 is 0 Å². The van der Waals surface area contributed by atoms with Crippen LogP contribution in [0.4, 0.5) is 0 Å². The Bertz CT molecular complexity index is 1230. The van der Waals surface area contributed by atoms with Crippen molar-refractivity contribution in [2.24, 2.45) is 0 Å². The zero-order valence-corrected chi connectivity index (χ0v) is 18.7. The van der Waals surface area contributed by atoms with E-state index in [-0.39, 0.29) is 43.7 Å². The van der Waals surface area contributed by atoms with Crippen LogP contribution in [-0.4, -0.2) is 53.2 Å². The number of imide groups is 1. The second kappa shape index (κ2) is 8.78. The number of amides is 3. The zero-order chi connectivity index (χ0) is 22.9. The Labute approximate surface area is 194 Å². The summed E-state index contributed by atoms with van der Waals surface area (Å²) in [7, 11) is 0. The maximum absolute atomic E-state index is 12.9. The van der Waals surface area contributed by atoms with E-state index in [9.17, 15) is 19.2 Å². The molecule has 8 heteroatoms. The van der Waals surface area contributed by atoms with Crippen LogP contribution in [0.2, 0.25) is 0 Å². The fraction of sp³-hybridized carbons (Fsp3) is 0.280. The summed E-state index contributed by atoms with van der Waals surface area (Å²) in [6.45, 7) is 0.980. The third-order valence-electron chi connectivity index (χ3n) is 6.14. The van der Waals surface area contributed by atoms with Gasteiger partial charge in [-0.3, -0.25) is 24.1 Å². The summed E-state index contributed by atoms with van der Waals surface area (Å²) in [6.07, 6.45) is 1.11. The highest BCUT2D eigenvalue weighted by Crippen LogP contribution is 2.30. The van der Waals surface area contributed by atoms with Crippen molar-refractivity contribution in [2.45, 2.75) is 25.8 Å². The summed E-state index contributed by atoms with van der Waals surface area (Å²) in [6, 6.07) is 12.8. The standard InChI is InChI=1S/C25H22N2O5S/c28-21(26-12-9-20-17(14-26)10-13-33-20)15-32-22(29)8-3-11-27-24(30)18-6-1-4-16-5-2-7-19(23(16)18)25(27)31/h1-2,4-7,10,13H,3,8-9,11-12,14-15H2. The highest BCUT2D eigenvalue weighted by molar-refractivity contribution is 7.10. The molecular formula is C25H22N2O5S. The number of fused-ring (bicyclic) bond motifs is 1. The maximum Gasteiger partial charge on any atom is 0.306 e. The lowest BCUT2D eigenvalue weighted by molar-refractivity contribution is -0.152. The maximum atomic E-state index is 12.9. The predicted molar refractivity (Wildman–Crippen MR) is 123 cm³/mol. The van der Waals surface area contributed by atoms with Gasteiger partial charge < -0.3 is 9.64 Å². The molecule has 0 aliphatic carbocycles.